The van der Waals surface area contributed by atoms with Gasteiger partial charge in [0.15, 0.2) is 0 Å². The number of H-pyrrole nitrogens is 1. The Morgan fingerprint density at radius 3 is 2.29 bits per heavy atom. The summed E-state index contributed by atoms with van der Waals surface area (Å²) in [6.07, 6.45) is -0.980. The molecule has 0 aliphatic rings. The lowest BCUT2D eigenvalue weighted by Gasteiger charge is -2.25. The lowest BCUT2D eigenvalue weighted by atomic mass is 10.0. The molecule has 4 aromatic rings. The lowest BCUT2D eigenvalue weighted by molar-refractivity contribution is -0.00906. The Bertz CT molecular complexity index is 1230. The maximum Gasteiger partial charge on any atom is 0.258 e. The number of benzene rings is 3. The largest absolute Gasteiger partial charge is 0.389 e. The molecule has 0 saturated carbocycles. The standard InChI is InChI=1S/C27H28ClN3O3/c1-2-31(17-25-29-24-15-21(28)13-14-23(24)27(33)30-25)16-22(32)18-34-26(19-9-5-3-6-10-19)20-11-7-4-8-12-20/h3-15,22,26,32H,2,16-18H2,1H3,(H,29,30,33). The SMILES string of the molecule is CCN(Cc1nc2cc(Cl)ccc2c(=O)[nH]1)CC(O)COC(c1ccccc1)c1ccccc1. The van der Waals surface area contributed by atoms with Gasteiger partial charge in [0.25, 0.3) is 5.56 Å². The minimum absolute atomic E-state index is 0.169. The molecule has 1 atom stereocenters. The molecule has 3 aromatic carbocycles. The number of nitrogens with zero attached hydrogens (tertiary/aromatic N) is 2. The first-order valence-corrected chi connectivity index (χ1v) is 11.7. The fourth-order valence-electron chi connectivity index (χ4n) is 3.95. The molecule has 0 bridgehead atoms. The van der Waals surface area contributed by atoms with Gasteiger partial charge in [-0.2, -0.15) is 0 Å². The molecule has 4 rings (SSSR count). The van der Waals surface area contributed by atoms with Crippen molar-refractivity contribution in [2.24, 2.45) is 0 Å². The fraction of sp³-hybridized carbons (Fsp3) is 0.259. The maximum atomic E-state index is 12.4. The van der Waals surface area contributed by atoms with Gasteiger partial charge < -0.3 is 14.8 Å². The second-order valence-corrected chi connectivity index (χ2v) is 8.63. The summed E-state index contributed by atoms with van der Waals surface area (Å²) in [6.45, 7) is 3.62. The number of hydrogen-bond donors (Lipinski definition) is 2. The van der Waals surface area contributed by atoms with Crippen molar-refractivity contribution in [1.29, 1.82) is 0 Å². The molecule has 176 valence electrons. The van der Waals surface area contributed by atoms with Crippen LogP contribution in [0.5, 0.6) is 0 Å². The van der Waals surface area contributed by atoms with Crippen LogP contribution in [0.1, 0.15) is 30.0 Å². The average Bonchev–Trinajstić information content (AvgIpc) is 2.85. The first-order valence-electron chi connectivity index (χ1n) is 11.3. The number of ether oxygens (including phenoxy) is 1. The molecule has 1 aromatic heterocycles. The topological polar surface area (TPSA) is 78.5 Å². The Hall–Kier alpha value is -3.03. The summed E-state index contributed by atoms with van der Waals surface area (Å²) in [6, 6.07) is 25.0. The smallest absolute Gasteiger partial charge is 0.258 e. The Labute approximate surface area is 203 Å². The van der Waals surface area contributed by atoms with Crippen molar-refractivity contribution in [2.45, 2.75) is 25.7 Å². The van der Waals surface area contributed by atoms with Crippen LogP contribution in [-0.2, 0) is 11.3 Å². The highest BCUT2D eigenvalue weighted by molar-refractivity contribution is 6.31. The van der Waals surface area contributed by atoms with E-state index in [1.807, 2.05) is 72.5 Å². The third-order valence-corrected chi connectivity index (χ3v) is 5.90. The number of hydrogen-bond acceptors (Lipinski definition) is 5. The van der Waals surface area contributed by atoms with Crippen LogP contribution in [0, 0.1) is 0 Å². The lowest BCUT2D eigenvalue weighted by Crippen LogP contribution is -2.35. The van der Waals surface area contributed by atoms with Crippen molar-refractivity contribution < 1.29 is 9.84 Å². The predicted molar refractivity (Wildman–Crippen MR) is 135 cm³/mol. The second kappa shape index (κ2) is 11.4. The van der Waals surface area contributed by atoms with Crippen LogP contribution in [0.15, 0.2) is 83.7 Å². The Kier molecular flexibility index (Phi) is 8.08. The van der Waals surface area contributed by atoms with Crippen molar-refractivity contribution in [1.82, 2.24) is 14.9 Å². The van der Waals surface area contributed by atoms with Crippen molar-refractivity contribution in [2.75, 3.05) is 19.7 Å². The van der Waals surface area contributed by atoms with Gasteiger partial charge in [0, 0.05) is 11.6 Å². The third-order valence-electron chi connectivity index (χ3n) is 5.67. The summed E-state index contributed by atoms with van der Waals surface area (Å²) >= 11 is 6.06. The van der Waals surface area contributed by atoms with Gasteiger partial charge in [-0.3, -0.25) is 9.69 Å². The van der Waals surface area contributed by atoms with E-state index < -0.39 is 6.10 Å². The maximum absolute atomic E-state index is 12.4. The molecule has 0 saturated heterocycles. The van der Waals surface area contributed by atoms with Crippen molar-refractivity contribution in [3.63, 3.8) is 0 Å². The van der Waals surface area contributed by atoms with Gasteiger partial charge in [-0.05, 0) is 35.9 Å². The first kappa shape index (κ1) is 24.1. The number of aliphatic hydroxyl groups is 1. The van der Waals surface area contributed by atoms with Crippen LogP contribution in [0.3, 0.4) is 0 Å². The predicted octanol–water partition coefficient (Wildman–Crippen LogP) is 4.57. The Morgan fingerprint density at radius 2 is 1.68 bits per heavy atom. The van der Waals surface area contributed by atoms with E-state index >= 15 is 0 Å². The number of aromatic amines is 1. The number of nitrogens with one attached hydrogen (secondary N) is 1. The summed E-state index contributed by atoms with van der Waals surface area (Å²) in [5.41, 5.74) is 2.42. The molecule has 7 heteroatoms. The Morgan fingerprint density at radius 1 is 1.03 bits per heavy atom. The molecular formula is C27H28ClN3O3. The van der Waals surface area contributed by atoms with Crippen molar-refractivity contribution in [3.8, 4) is 0 Å². The van der Waals surface area contributed by atoms with Gasteiger partial charge in [0.05, 0.1) is 30.2 Å². The molecule has 1 heterocycles. The highest BCUT2D eigenvalue weighted by Crippen LogP contribution is 2.26. The van der Waals surface area contributed by atoms with E-state index in [1.165, 1.54) is 0 Å². The van der Waals surface area contributed by atoms with Crippen LogP contribution in [0.2, 0.25) is 5.02 Å². The highest BCUT2D eigenvalue weighted by Gasteiger charge is 2.18. The molecule has 34 heavy (non-hydrogen) atoms. The number of likely N-dealkylation sites (N-methyl/N-ethyl adjacent to an activating group) is 1. The van der Waals surface area contributed by atoms with Gasteiger partial charge in [0.1, 0.15) is 11.9 Å². The van der Waals surface area contributed by atoms with Gasteiger partial charge >= 0.3 is 0 Å². The summed E-state index contributed by atoms with van der Waals surface area (Å²) in [7, 11) is 0. The van der Waals surface area contributed by atoms with Crippen LogP contribution in [-0.4, -0.2) is 45.8 Å². The number of aliphatic hydroxyl groups excluding tert-OH is 1. The number of fused-ring (bicyclic) bond motifs is 1. The van der Waals surface area contributed by atoms with Crippen LogP contribution < -0.4 is 5.56 Å². The Balaban J connectivity index is 1.42. The number of halogens is 1. The van der Waals surface area contributed by atoms with Gasteiger partial charge in [-0.1, -0.05) is 79.2 Å². The molecule has 6 nitrogen and oxygen atoms in total. The van der Waals surface area contributed by atoms with Crippen molar-refractivity contribution >= 4 is 22.5 Å². The molecule has 0 amide bonds. The van der Waals surface area contributed by atoms with E-state index in [9.17, 15) is 9.90 Å². The minimum atomic E-state index is -0.712. The van der Waals surface area contributed by atoms with E-state index in [-0.39, 0.29) is 18.3 Å². The van der Waals surface area contributed by atoms with E-state index in [4.69, 9.17) is 16.3 Å². The fourth-order valence-corrected chi connectivity index (χ4v) is 4.12. The number of aromatic nitrogens is 2. The molecule has 1 unspecified atom stereocenters. The molecule has 0 aliphatic heterocycles. The van der Waals surface area contributed by atoms with E-state index in [0.29, 0.717) is 41.4 Å². The highest BCUT2D eigenvalue weighted by atomic mass is 35.5. The monoisotopic (exact) mass is 477 g/mol. The quantitative estimate of drug-likeness (QED) is 0.350. The van der Waals surface area contributed by atoms with Gasteiger partial charge in [-0.25, -0.2) is 4.98 Å². The summed E-state index contributed by atoms with van der Waals surface area (Å²) in [5.74, 6) is 0.529. The van der Waals surface area contributed by atoms with E-state index in [2.05, 4.69) is 9.97 Å². The summed E-state index contributed by atoms with van der Waals surface area (Å²) in [4.78, 5) is 21.8. The zero-order chi connectivity index (χ0) is 23.9. The van der Waals surface area contributed by atoms with Gasteiger partial charge in [-0.15, -0.1) is 0 Å². The van der Waals surface area contributed by atoms with Crippen molar-refractivity contribution in [3.05, 3.63) is 111 Å². The van der Waals surface area contributed by atoms with E-state index in [0.717, 1.165) is 11.1 Å². The van der Waals surface area contributed by atoms with Crippen LogP contribution >= 0.6 is 11.6 Å². The minimum Gasteiger partial charge on any atom is -0.389 e. The molecule has 2 N–H and O–H groups in total. The van der Waals surface area contributed by atoms with Crippen LogP contribution in [0.4, 0.5) is 0 Å². The second-order valence-electron chi connectivity index (χ2n) is 8.19. The molecule has 0 aliphatic carbocycles. The normalized spacial score (nSPS) is 12.5. The third kappa shape index (κ3) is 6.10. The van der Waals surface area contributed by atoms with E-state index in [1.54, 1.807) is 18.2 Å². The van der Waals surface area contributed by atoms with Gasteiger partial charge in [0.2, 0.25) is 0 Å². The van der Waals surface area contributed by atoms with Crippen LogP contribution in [0.25, 0.3) is 10.9 Å². The summed E-state index contributed by atoms with van der Waals surface area (Å²) < 4.78 is 6.20. The molecule has 0 radical (unpaired) electrons. The summed E-state index contributed by atoms with van der Waals surface area (Å²) in [5, 5.41) is 11.8. The molecular weight excluding hydrogens is 450 g/mol. The molecule has 0 fully saturated rings. The average molecular weight is 478 g/mol. The first-order chi connectivity index (χ1) is 16.5. The number of rotatable bonds is 10. The zero-order valence-electron chi connectivity index (χ0n) is 19.0. The zero-order valence-corrected chi connectivity index (χ0v) is 19.8. The molecule has 0 spiro atoms.